The minimum atomic E-state index is -0.681. The second-order valence-electron chi connectivity index (χ2n) is 7.45. The van der Waals surface area contributed by atoms with E-state index in [0.717, 1.165) is 17.7 Å². The van der Waals surface area contributed by atoms with Gasteiger partial charge in [0.2, 0.25) is 0 Å². The van der Waals surface area contributed by atoms with Gasteiger partial charge in [0.25, 0.3) is 11.7 Å². The van der Waals surface area contributed by atoms with Crippen LogP contribution >= 0.6 is 0 Å². The lowest BCUT2D eigenvalue weighted by Crippen LogP contribution is -2.35. The molecule has 30 heavy (non-hydrogen) atoms. The van der Waals surface area contributed by atoms with Crippen LogP contribution in [0.3, 0.4) is 0 Å². The summed E-state index contributed by atoms with van der Waals surface area (Å²) in [7, 11) is 3.81. The predicted octanol–water partition coefficient (Wildman–Crippen LogP) is 2.85. The third-order valence-electron chi connectivity index (χ3n) is 4.95. The summed E-state index contributed by atoms with van der Waals surface area (Å²) in [5.41, 5.74) is 1.28. The second kappa shape index (κ2) is 9.54. The smallest absolute Gasteiger partial charge is 0.295 e. The van der Waals surface area contributed by atoms with Crippen molar-refractivity contribution in [1.82, 2.24) is 14.8 Å². The molecule has 7 nitrogen and oxygen atoms in total. The molecule has 2 heterocycles. The van der Waals surface area contributed by atoms with Crippen LogP contribution in [0.15, 0.2) is 54.4 Å². The maximum Gasteiger partial charge on any atom is 0.295 e. The van der Waals surface area contributed by atoms with Crippen LogP contribution in [0.5, 0.6) is 5.75 Å². The molecule has 1 amide bonds. The molecule has 1 unspecified atom stereocenters. The maximum atomic E-state index is 12.9. The largest absolute Gasteiger partial charge is 0.507 e. The van der Waals surface area contributed by atoms with Crippen LogP contribution in [-0.4, -0.2) is 65.4 Å². The SMILES string of the molecule is CCCOc1ccc(C2/C(=C(/O)c3ccncc3)C(=O)C(=O)N2CCN(C)C)cc1. The molecule has 1 fully saturated rings. The van der Waals surface area contributed by atoms with Crippen molar-refractivity contribution >= 4 is 17.4 Å². The highest BCUT2D eigenvalue weighted by molar-refractivity contribution is 6.46. The zero-order chi connectivity index (χ0) is 21.7. The summed E-state index contributed by atoms with van der Waals surface area (Å²) in [6, 6.07) is 9.88. The first-order chi connectivity index (χ1) is 14.4. The Hall–Kier alpha value is -3.19. The summed E-state index contributed by atoms with van der Waals surface area (Å²) in [4.78, 5) is 33.2. The van der Waals surface area contributed by atoms with Crippen molar-refractivity contribution in [3.8, 4) is 5.75 Å². The average Bonchev–Trinajstić information content (AvgIpc) is 3.01. The number of carbonyl (C=O) groups excluding carboxylic acids is 2. The number of rotatable bonds is 8. The molecule has 1 saturated heterocycles. The van der Waals surface area contributed by atoms with E-state index in [-0.39, 0.29) is 11.3 Å². The number of aromatic nitrogens is 1. The molecule has 0 radical (unpaired) electrons. The standard InChI is InChI=1S/C23H27N3O4/c1-4-15-30-18-7-5-16(6-8-18)20-19(21(27)17-9-11-24-12-10-17)22(28)23(29)26(20)14-13-25(2)3/h5-12,20,27H,4,13-15H2,1-3H3/b21-19-. The van der Waals surface area contributed by atoms with Gasteiger partial charge in [-0.3, -0.25) is 14.6 Å². The summed E-state index contributed by atoms with van der Waals surface area (Å²) < 4.78 is 5.64. The first-order valence-electron chi connectivity index (χ1n) is 10.00. The molecule has 7 heteroatoms. The number of benzene rings is 1. The van der Waals surface area contributed by atoms with Crippen molar-refractivity contribution in [2.75, 3.05) is 33.8 Å². The van der Waals surface area contributed by atoms with Crippen LogP contribution < -0.4 is 4.74 Å². The Balaban J connectivity index is 2.05. The number of likely N-dealkylation sites (N-methyl/N-ethyl adjacent to an activating group) is 1. The van der Waals surface area contributed by atoms with Crippen molar-refractivity contribution in [1.29, 1.82) is 0 Å². The van der Waals surface area contributed by atoms with Gasteiger partial charge in [-0.1, -0.05) is 19.1 Å². The Morgan fingerprint density at radius 2 is 1.80 bits per heavy atom. The van der Waals surface area contributed by atoms with Gasteiger partial charge in [0.05, 0.1) is 18.2 Å². The second-order valence-corrected chi connectivity index (χ2v) is 7.45. The van der Waals surface area contributed by atoms with Crippen molar-refractivity contribution in [2.24, 2.45) is 0 Å². The van der Waals surface area contributed by atoms with Crippen molar-refractivity contribution in [2.45, 2.75) is 19.4 Å². The van der Waals surface area contributed by atoms with E-state index < -0.39 is 17.7 Å². The van der Waals surface area contributed by atoms with E-state index in [9.17, 15) is 14.7 Å². The Morgan fingerprint density at radius 1 is 1.13 bits per heavy atom. The van der Waals surface area contributed by atoms with Crippen LogP contribution in [-0.2, 0) is 9.59 Å². The lowest BCUT2D eigenvalue weighted by Gasteiger charge is -2.26. The zero-order valence-corrected chi connectivity index (χ0v) is 17.5. The highest BCUT2D eigenvalue weighted by Crippen LogP contribution is 2.39. The lowest BCUT2D eigenvalue weighted by atomic mass is 9.95. The van der Waals surface area contributed by atoms with Gasteiger partial charge >= 0.3 is 0 Å². The van der Waals surface area contributed by atoms with Crippen molar-refractivity contribution in [3.05, 3.63) is 65.5 Å². The highest BCUT2D eigenvalue weighted by Gasteiger charge is 2.45. The molecule has 2 aromatic rings. The van der Waals surface area contributed by atoms with Gasteiger partial charge in [0.1, 0.15) is 11.5 Å². The van der Waals surface area contributed by atoms with E-state index in [1.165, 1.54) is 17.3 Å². The van der Waals surface area contributed by atoms with E-state index in [4.69, 9.17) is 4.74 Å². The number of aliphatic hydroxyl groups is 1. The maximum absolute atomic E-state index is 12.9. The Bertz CT molecular complexity index is 923. The minimum Gasteiger partial charge on any atom is -0.507 e. The lowest BCUT2D eigenvalue weighted by molar-refractivity contribution is -0.140. The molecule has 1 N–H and O–H groups in total. The fourth-order valence-corrected chi connectivity index (χ4v) is 3.40. The molecular formula is C23H27N3O4. The van der Waals surface area contributed by atoms with Crippen molar-refractivity contribution < 1.29 is 19.4 Å². The van der Waals surface area contributed by atoms with Crippen LogP contribution in [0.25, 0.3) is 5.76 Å². The van der Waals surface area contributed by atoms with Crippen LogP contribution in [0, 0.1) is 0 Å². The van der Waals surface area contributed by atoms with E-state index in [0.29, 0.717) is 25.3 Å². The number of aliphatic hydroxyl groups excluding tert-OH is 1. The number of Topliss-reactive ketones (excluding diaryl/α,β-unsaturated/α-hetero) is 1. The molecule has 1 aliphatic heterocycles. The number of ketones is 1. The summed E-state index contributed by atoms with van der Waals surface area (Å²) >= 11 is 0. The third-order valence-corrected chi connectivity index (χ3v) is 4.95. The normalized spacial score (nSPS) is 18.3. The van der Waals surface area contributed by atoms with Gasteiger partial charge in [-0.15, -0.1) is 0 Å². The molecule has 0 saturated carbocycles. The number of hydrogen-bond donors (Lipinski definition) is 1. The number of carbonyl (C=O) groups is 2. The fourth-order valence-electron chi connectivity index (χ4n) is 3.40. The van der Waals surface area contributed by atoms with Crippen LogP contribution in [0.4, 0.5) is 0 Å². The van der Waals surface area contributed by atoms with Crippen LogP contribution in [0.2, 0.25) is 0 Å². The molecule has 3 rings (SSSR count). The Labute approximate surface area is 176 Å². The number of nitrogens with zero attached hydrogens (tertiary/aromatic N) is 3. The van der Waals surface area contributed by atoms with Gasteiger partial charge in [0, 0.05) is 31.0 Å². The molecule has 1 aromatic heterocycles. The first-order valence-corrected chi connectivity index (χ1v) is 10.00. The van der Waals surface area contributed by atoms with E-state index in [1.807, 2.05) is 50.2 Å². The highest BCUT2D eigenvalue weighted by atomic mass is 16.5. The number of hydrogen-bond acceptors (Lipinski definition) is 6. The number of ether oxygens (including phenoxy) is 1. The summed E-state index contributed by atoms with van der Waals surface area (Å²) in [6.07, 6.45) is 3.97. The summed E-state index contributed by atoms with van der Waals surface area (Å²) in [5, 5.41) is 10.9. The fraction of sp³-hybridized carbons (Fsp3) is 0.348. The van der Waals surface area contributed by atoms with Crippen LogP contribution in [0.1, 0.15) is 30.5 Å². The van der Waals surface area contributed by atoms with Gasteiger partial charge in [-0.2, -0.15) is 0 Å². The van der Waals surface area contributed by atoms with Gasteiger partial charge in [0.15, 0.2) is 0 Å². The molecule has 158 valence electrons. The minimum absolute atomic E-state index is 0.0900. The molecule has 0 aliphatic carbocycles. The molecule has 1 atom stereocenters. The van der Waals surface area contributed by atoms with Crippen molar-refractivity contribution in [3.63, 3.8) is 0 Å². The molecule has 1 aliphatic rings. The third kappa shape index (κ3) is 4.52. The topological polar surface area (TPSA) is 83.0 Å². The number of amides is 1. The average molecular weight is 409 g/mol. The van der Waals surface area contributed by atoms with E-state index in [2.05, 4.69) is 4.98 Å². The van der Waals surface area contributed by atoms with Gasteiger partial charge in [-0.25, -0.2) is 0 Å². The molecular weight excluding hydrogens is 382 g/mol. The molecule has 0 spiro atoms. The quantitative estimate of drug-likeness (QED) is 0.410. The zero-order valence-electron chi connectivity index (χ0n) is 17.5. The van der Waals surface area contributed by atoms with E-state index in [1.54, 1.807) is 12.1 Å². The molecule has 0 bridgehead atoms. The first kappa shape index (κ1) is 21.5. The monoisotopic (exact) mass is 409 g/mol. The Morgan fingerprint density at radius 3 is 2.40 bits per heavy atom. The number of pyridine rings is 1. The molecule has 1 aromatic carbocycles. The van der Waals surface area contributed by atoms with E-state index >= 15 is 0 Å². The predicted molar refractivity (Wildman–Crippen MR) is 114 cm³/mol. The number of likely N-dealkylation sites (tertiary alicyclic amines) is 1. The summed E-state index contributed by atoms with van der Waals surface area (Å²) in [5.74, 6) is -0.762. The Kier molecular flexibility index (Phi) is 6.84. The summed E-state index contributed by atoms with van der Waals surface area (Å²) in [6.45, 7) is 3.61. The van der Waals surface area contributed by atoms with Gasteiger partial charge < -0.3 is 19.6 Å². The van der Waals surface area contributed by atoms with Gasteiger partial charge in [-0.05, 0) is 50.3 Å².